The molecule has 35 heavy (non-hydrogen) atoms. The quantitative estimate of drug-likeness (QED) is 0.423. The number of nitrogens with two attached hydrogens (primary N) is 2. The third-order valence-corrected chi connectivity index (χ3v) is 7.81. The molecule has 0 atom stereocenters. The van der Waals surface area contributed by atoms with Gasteiger partial charge in [-0.1, -0.05) is 25.2 Å². The fraction of sp³-hybridized carbons (Fsp3) is 0.385. The van der Waals surface area contributed by atoms with E-state index in [2.05, 4.69) is 58.8 Å². The van der Waals surface area contributed by atoms with Crippen molar-refractivity contribution in [2.75, 3.05) is 29.5 Å². The molecule has 0 spiro atoms. The Balaban J connectivity index is 1.41. The Morgan fingerprint density at radius 1 is 1.09 bits per heavy atom. The van der Waals surface area contributed by atoms with E-state index in [0.717, 1.165) is 75.7 Å². The minimum atomic E-state index is 0.218. The summed E-state index contributed by atoms with van der Waals surface area (Å²) in [5, 5.41) is 0.530. The molecule has 3 aromatic heterocycles. The average molecular weight is 488 g/mol. The molecule has 0 saturated carbocycles. The molecular weight excluding hydrogens is 458 g/mol. The average Bonchev–Trinajstić information content (AvgIpc) is 3.04. The zero-order chi connectivity index (χ0) is 24.3. The lowest BCUT2D eigenvalue weighted by molar-refractivity contribution is 0.311. The minimum Gasteiger partial charge on any atom is -0.491 e. The maximum absolute atomic E-state index is 6.25. The van der Waals surface area contributed by atoms with Gasteiger partial charge in [0.05, 0.1) is 12.2 Å². The van der Waals surface area contributed by atoms with Crippen LogP contribution in [-0.4, -0.2) is 33.1 Å². The number of fused-ring (bicyclic) bond motifs is 3. The normalized spacial score (nSPS) is 16.9. The van der Waals surface area contributed by atoms with Crippen molar-refractivity contribution in [3.63, 3.8) is 0 Å². The molecule has 4 N–H and O–H groups in total. The zero-order valence-corrected chi connectivity index (χ0v) is 21.1. The van der Waals surface area contributed by atoms with Crippen molar-refractivity contribution < 1.29 is 4.74 Å². The number of hydrogen-bond acceptors (Lipinski definition) is 9. The third-order valence-electron chi connectivity index (χ3n) is 7.00. The predicted molar refractivity (Wildman–Crippen MR) is 141 cm³/mol. The van der Waals surface area contributed by atoms with Gasteiger partial charge in [0.1, 0.15) is 28.5 Å². The molecular formula is C26H29N7OS. The number of aromatic nitrogens is 4. The van der Waals surface area contributed by atoms with Gasteiger partial charge in [-0.25, -0.2) is 15.0 Å². The largest absolute Gasteiger partial charge is 0.491 e. The molecule has 0 bridgehead atoms. The fourth-order valence-corrected chi connectivity index (χ4v) is 5.92. The molecule has 9 heteroatoms. The van der Waals surface area contributed by atoms with Gasteiger partial charge in [-0.2, -0.15) is 4.98 Å². The Morgan fingerprint density at radius 2 is 1.94 bits per heavy atom. The van der Waals surface area contributed by atoms with Crippen molar-refractivity contribution in [3.05, 3.63) is 46.8 Å². The molecule has 0 fully saturated rings. The Kier molecular flexibility index (Phi) is 5.07. The van der Waals surface area contributed by atoms with Crippen molar-refractivity contribution in [1.29, 1.82) is 0 Å². The lowest BCUT2D eigenvalue weighted by Crippen LogP contribution is -2.31. The van der Waals surface area contributed by atoms with Crippen LogP contribution in [-0.2, 0) is 19.4 Å². The molecule has 6 rings (SSSR count). The van der Waals surface area contributed by atoms with Gasteiger partial charge in [0.25, 0.3) is 0 Å². The van der Waals surface area contributed by atoms with Gasteiger partial charge >= 0.3 is 0 Å². The summed E-state index contributed by atoms with van der Waals surface area (Å²) in [4.78, 5) is 21.5. The molecule has 2 aliphatic rings. The third kappa shape index (κ3) is 4.03. The first kappa shape index (κ1) is 22.0. The number of thiazole rings is 1. The van der Waals surface area contributed by atoms with Crippen LogP contribution in [0.5, 0.6) is 5.75 Å². The predicted octanol–water partition coefficient (Wildman–Crippen LogP) is 4.54. The summed E-state index contributed by atoms with van der Waals surface area (Å²) in [6.07, 6.45) is 4.87. The first-order valence-electron chi connectivity index (χ1n) is 11.9. The summed E-state index contributed by atoms with van der Waals surface area (Å²) >= 11 is 1.40. The van der Waals surface area contributed by atoms with Crippen molar-refractivity contribution in [1.82, 2.24) is 19.9 Å². The minimum absolute atomic E-state index is 0.218. The highest BCUT2D eigenvalue weighted by Gasteiger charge is 2.31. The standard InChI is InChI=1S/C26H29N7OS/c1-14-8-15(16-10-20-23(29-12-16)35-25(28)31-20)9-17-13-33(6-7-34-21(14)17)22-18-11-26(2,3)5-4-19(18)30-24(27)32-22/h8-10,12H,4-7,11,13H2,1-3H3,(H2,28,31)(H2,27,30,32). The number of ether oxygens (including phenoxy) is 1. The molecule has 0 unspecified atom stereocenters. The van der Waals surface area contributed by atoms with Crippen LogP contribution in [0.25, 0.3) is 21.5 Å². The van der Waals surface area contributed by atoms with Gasteiger partial charge in [0.15, 0.2) is 5.13 Å². The lowest BCUT2D eigenvalue weighted by atomic mass is 9.76. The summed E-state index contributed by atoms with van der Waals surface area (Å²) in [6, 6.07) is 6.40. The highest BCUT2D eigenvalue weighted by Crippen LogP contribution is 2.40. The number of benzene rings is 1. The Labute approximate surface area is 208 Å². The van der Waals surface area contributed by atoms with E-state index in [0.29, 0.717) is 24.2 Å². The van der Waals surface area contributed by atoms with E-state index in [1.54, 1.807) is 0 Å². The van der Waals surface area contributed by atoms with E-state index in [1.807, 2.05) is 6.20 Å². The summed E-state index contributed by atoms with van der Waals surface area (Å²) in [6.45, 7) is 8.73. The SMILES string of the molecule is Cc1cc(-c2cnc3sc(N)nc3c2)cc2c1OCCN(c1nc(N)nc3c1CC(C)(C)CC3)C2. The molecule has 4 heterocycles. The first-order chi connectivity index (χ1) is 16.8. The molecule has 0 saturated heterocycles. The number of nitrogens with zero attached hydrogens (tertiary/aromatic N) is 5. The topological polar surface area (TPSA) is 116 Å². The second-order valence-corrected chi connectivity index (χ2v) is 11.3. The van der Waals surface area contributed by atoms with E-state index in [4.69, 9.17) is 21.2 Å². The molecule has 0 radical (unpaired) electrons. The van der Waals surface area contributed by atoms with Crippen LogP contribution in [0.15, 0.2) is 24.4 Å². The summed E-state index contributed by atoms with van der Waals surface area (Å²) in [5.74, 6) is 2.23. The highest BCUT2D eigenvalue weighted by molar-refractivity contribution is 7.21. The van der Waals surface area contributed by atoms with Crippen LogP contribution in [0.2, 0.25) is 0 Å². The second-order valence-electron chi connectivity index (χ2n) is 10.3. The number of aryl methyl sites for hydroxylation is 2. The molecule has 1 aliphatic heterocycles. The molecule has 4 aromatic rings. The Hall–Kier alpha value is -3.46. The Bertz CT molecular complexity index is 1460. The van der Waals surface area contributed by atoms with E-state index in [1.165, 1.54) is 16.9 Å². The van der Waals surface area contributed by atoms with Gasteiger partial charge in [-0.15, -0.1) is 0 Å². The fourth-order valence-electron chi connectivity index (χ4n) is 5.27. The lowest BCUT2D eigenvalue weighted by Gasteiger charge is -2.34. The van der Waals surface area contributed by atoms with Crippen molar-refractivity contribution in [3.8, 4) is 16.9 Å². The second kappa shape index (κ2) is 8.05. The van der Waals surface area contributed by atoms with Crippen LogP contribution < -0.4 is 21.1 Å². The number of anilines is 3. The number of rotatable bonds is 2. The van der Waals surface area contributed by atoms with E-state index < -0.39 is 0 Å². The smallest absolute Gasteiger partial charge is 0.222 e. The van der Waals surface area contributed by atoms with Crippen molar-refractivity contribution >= 4 is 38.6 Å². The van der Waals surface area contributed by atoms with Gasteiger partial charge in [-0.3, -0.25) is 0 Å². The summed E-state index contributed by atoms with van der Waals surface area (Å²) in [5.41, 5.74) is 19.7. The van der Waals surface area contributed by atoms with E-state index in [9.17, 15) is 0 Å². The van der Waals surface area contributed by atoms with Crippen molar-refractivity contribution in [2.45, 2.75) is 46.6 Å². The van der Waals surface area contributed by atoms with Crippen LogP contribution in [0, 0.1) is 12.3 Å². The molecule has 1 aromatic carbocycles. The van der Waals surface area contributed by atoms with Crippen LogP contribution in [0.3, 0.4) is 0 Å². The number of hydrogen-bond donors (Lipinski definition) is 2. The van der Waals surface area contributed by atoms with Gasteiger partial charge in [0.2, 0.25) is 5.95 Å². The Morgan fingerprint density at radius 3 is 2.80 bits per heavy atom. The summed E-state index contributed by atoms with van der Waals surface area (Å²) in [7, 11) is 0. The highest BCUT2D eigenvalue weighted by atomic mass is 32.1. The maximum Gasteiger partial charge on any atom is 0.222 e. The number of pyridine rings is 1. The van der Waals surface area contributed by atoms with Crippen molar-refractivity contribution in [2.24, 2.45) is 5.41 Å². The van der Waals surface area contributed by atoms with Gasteiger partial charge in [0, 0.05) is 29.4 Å². The summed E-state index contributed by atoms with van der Waals surface area (Å²) < 4.78 is 6.25. The van der Waals surface area contributed by atoms with E-state index >= 15 is 0 Å². The molecule has 0 amide bonds. The monoisotopic (exact) mass is 487 g/mol. The van der Waals surface area contributed by atoms with Gasteiger partial charge in [-0.05, 0) is 60.9 Å². The molecule has 1 aliphatic carbocycles. The van der Waals surface area contributed by atoms with E-state index in [-0.39, 0.29) is 5.41 Å². The zero-order valence-electron chi connectivity index (χ0n) is 20.3. The maximum atomic E-state index is 6.25. The number of nitrogen functional groups attached to an aromatic ring is 2. The van der Waals surface area contributed by atoms with Crippen LogP contribution >= 0.6 is 11.3 Å². The molecule has 8 nitrogen and oxygen atoms in total. The van der Waals surface area contributed by atoms with Crippen LogP contribution in [0.1, 0.15) is 42.7 Å². The van der Waals surface area contributed by atoms with Crippen LogP contribution in [0.4, 0.5) is 16.9 Å². The molecule has 180 valence electrons. The van der Waals surface area contributed by atoms with Gasteiger partial charge < -0.3 is 21.1 Å². The first-order valence-corrected chi connectivity index (χ1v) is 12.8.